The quantitative estimate of drug-likeness (QED) is 0.803. The van der Waals surface area contributed by atoms with Crippen LogP contribution in [0.3, 0.4) is 0 Å². The molecule has 16 heavy (non-hydrogen) atoms. The maximum Gasteiger partial charge on any atom is 0.0656 e. The molecule has 1 aromatic carbocycles. The van der Waals surface area contributed by atoms with Crippen molar-refractivity contribution < 1.29 is 10.2 Å². The largest absolute Gasteiger partial charge is 0.392 e. The monoisotopic (exact) mass is 222 g/mol. The van der Waals surface area contributed by atoms with E-state index in [-0.39, 0.29) is 0 Å². The lowest BCUT2D eigenvalue weighted by Gasteiger charge is -2.35. The topological polar surface area (TPSA) is 40.5 Å². The van der Waals surface area contributed by atoms with Crippen LogP contribution in [0.5, 0.6) is 0 Å². The Morgan fingerprint density at radius 2 is 1.62 bits per heavy atom. The van der Waals surface area contributed by atoms with Gasteiger partial charge in [0.15, 0.2) is 0 Å². The van der Waals surface area contributed by atoms with Crippen LogP contribution in [0.25, 0.3) is 0 Å². The summed E-state index contributed by atoms with van der Waals surface area (Å²) in [5.41, 5.74) is 0.635. The second-order valence-corrected chi connectivity index (χ2v) is 4.95. The molecule has 0 aromatic heterocycles. The molecule has 0 saturated carbocycles. The van der Waals surface area contributed by atoms with E-state index in [9.17, 15) is 10.2 Å². The summed E-state index contributed by atoms with van der Waals surface area (Å²) in [6.45, 7) is 5.76. The predicted octanol–water partition coefficient (Wildman–Crippen LogP) is 2.39. The van der Waals surface area contributed by atoms with Crippen LogP contribution >= 0.6 is 0 Å². The molecule has 2 unspecified atom stereocenters. The fourth-order valence-electron chi connectivity index (χ4n) is 1.85. The molecule has 2 atom stereocenters. The first-order chi connectivity index (χ1) is 7.48. The maximum absolute atomic E-state index is 10.2. The van der Waals surface area contributed by atoms with Gasteiger partial charge < -0.3 is 10.2 Å². The molecule has 90 valence electrons. The van der Waals surface area contributed by atoms with Gasteiger partial charge in [0.2, 0.25) is 0 Å². The van der Waals surface area contributed by atoms with Crippen molar-refractivity contribution in [3.8, 4) is 0 Å². The van der Waals surface area contributed by atoms with Crippen LogP contribution in [0, 0.1) is 5.41 Å². The Hall–Kier alpha value is -0.860. The highest BCUT2D eigenvalue weighted by Gasteiger charge is 2.34. The SMILES string of the molecule is CCC(O)C(C)(C)C(O)Cc1ccccc1. The van der Waals surface area contributed by atoms with E-state index in [4.69, 9.17) is 0 Å². The molecule has 2 nitrogen and oxygen atoms in total. The Kier molecular flexibility index (Phi) is 4.51. The van der Waals surface area contributed by atoms with Gasteiger partial charge in [-0.3, -0.25) is 0 Å². The summed E-state index contributed by atoms with van der Waals surface area (Å²) in [6, 6.07) is 9.88. The Morgan fingerprint density at radius 1 is 1.06 bits per heavy atom. The molecule has 0 heterocycles. The number of benzene rings is 1. The van der Waals surface area contributed by atoms with E-state index in [0.717, 1.165) is 5.56 Å². The highest BCUT2D eigenvalue weighted by molar-refractivity contribution is 5.16. The van der Waals surface area contributed by atoms with Gasteiger partial charge in [0.1, 0.15) is 0 Å². The zero-order valence-electron chi connectivity index (χ0n) is 10.4. The molecule has 0 saturated heterocycles. The Morgan fingerprint density at radius 3 is 2.12 bits per heavy atom. The summed E-state index contributed by atoms with van der Waals surface area (Å²) in [4.78, 5) is 0. The van der Waals surface area contributed by atoms with E-state index < -0.39 is 17.6 Å². The molecular weight excluding hydrogens is 200 g/mol. The van der Waals surface area contributed by atoms with Crippen molar-refractivity contribution in [2.24, 2.45) is 5.41 Å². The molecule has 0 aliphatic rings. The second-order valence-electron chi connectivity index (χ2n) is 4.95. The predicted molar refractivity (Wildman–Crippen MR) is 66.2 cm³/mol. The van der Waals surface area contributed by atoms with Crippen LogP contribution < -0.4 is 0 Å². The van der Waals surface area contributed by atoms with Gasteiger partial charge in [0.25, 0.3) is 0 Å². The van der Waals surface area contributed by atoms with Gasteiger partial charge in [-0.15, -0.1) is 0 Å². The maximum atomic E-state index is 10.2. The van der Waals surface area contributed by atoms with E-state index in [2.05, 4.69) is 0 Å². The summed E-state index contributed by atoms with van der Waals surface area (Å²) in [6.07, 6.45) is 0.264. The minimum atomic E-state index is -0.523. The van der Waals surface area contributed by atoms with Crippen molar-refractivity contribution in [1.29, 1.82) is 0 Å². The van der Waals surface area contributed by atoms with E-state index in [0.29, 0.717) is 12.8 Å². The Bertz CT molecular complexity index is 306. The third-order valence-corrected chi connectivity index (χ3v) is 3.38. The molecule has 0 aliphatic heterocycles. The lowest BCUT2D eigenvalue weighted by atomic mass is 9.77. The summed E-state index contributed by atoms with van der Waals surface area (Å²) in [5, 5.41) is 20.0. The van der Waals surface area contributed by atoms with Crippen LogP contribution in [0.4, 0.5) is 0 Å². The van der Waals surface area contributed by atoms with Gasteiger partial charge in [-0.2, -0.15) is 0 Å². The van der Waals surface area contributed by atoms with Crippen molar-refractivity contribution in [2.45, 2.75) is 45.8 Å². The standard InChI is InChI=1S/C14H22O2/c1-4-12(15)14(2,3)13(16)10-11-8-6-5-7-9-11/h5-9,12-13,15-16H,4,10H2,1-3H3. The first-order valence-electron chi connectivity index (χ1n) is 5.88. The van der Waals surface area contributed by atoms with Crippen LogP contribution in [-0.2, 0) is 6.42 Å². The fraction of sp³-hybridized carbons (Fsp3) is 0.571. The first kappa shape index (κ1) is 13.2. The van der Waals surface area contributed by atoms with E-state index in [1.54, 1.807) is 0 Å². The molecule has 0 spiro atoms. The van der Waals surface area contributed by atoms with E-state index >= 15 is 0 Å². The van der Waals surface area contributed by atoms with Gasteiger partial charge in [-0.25, -0.2) is 0 Å². The number of aliphatic hydroxyl groups excluding tert-OH is 2. The number of aliphatic hydroxyl groups is 2. The molecule has 0 amide bonds. The number of hydrogen-bond donors (Lipinski definition) is 2. The average molecular weight is 222 g/mol. The van der Waals surface area contributed by atoms with Crippen LogP contribution in [0.2, 0.25) is 0 Å². The minimum Gasteiger partial charge on any atom is -0.392 e. The third-order valence-electron chi connectivity index (χ3n) is 3.38. The zero-order chi connectivity index (χ0) is 12.2. The van der Waals surface area contributed by atoms with E-state index in [1.807, 2.05) is 51.1 Å². The van der Waals surface area contributed by atoms with Gasteiger partial charge in [-0.1, -0.05) is 51.1 Å². The fourth-order valence-corrected chi connectivity index (χ4v) is 1.85. The molecule has 0 aliphatic carbocycles. The molecular formula is C14H22O2. The molecule has 2 N–H and O–H groups in total. The summed E-state index contributed by atoms with van der Waals surface area (Å²) >= 11 is 0. The Labute approximate surface area is 97.9 Å². The first-order valence-corrected chi connectivity index (χ1v) is 5.88. The highest BCUT2D eigenvalue weighted by Crippen LogP contribution is 2.29. The van der Waals surface area contributed by atoms with Crippen molar-refractivity contribution in [3.05, 3.63) is 35.9 Å². The van der Waals surface area contributed by atoms with Crippen molar-refractivity contribution in [3.63, 3.8) is 0 Å². The molecule has 1 rings (SSSR count). The minimum absolute atomic E-state index is 0.466. The smallest absolute Gasteiger partial charge is 0.0656 e. The highest BCUT2D eigenvalue weighted by atomic mass is 16.3. The normalized spacial score (nSPS) is 15.8. The van der Waals surface area contributed by atoms with Crippen molar-refractivity contribution in [2.75, 3.05) is 0 Å². The van der Waals surface area contributed by atoms with Crippen molar-refractivity contribution >= 4 is 0 Å². The third kappa shape index (κ3) is 3.06. The van der Waals surface area contributed by atoms with Gasteiger partial charge >= 0.3 is 0 Å². The number of hydrogen-bond acceptors (Lipinski definition) is 2. The lowest BCUT2D eigenvalue weighted by Crippen LogP contribution is -2.41. The zero-order valence-corrected chi connectivity index (χ0v) is 10.4. The van der Waals surface area contributed by atoms with Crippen LogP contribution in [-0.4, -0.2) is 22.4 Å². The van der Waals surface area contributed by atoms with Gasteiger partial charge in [-0.05, 0) is 18.4 Å². The Balaban J connectivity index is 2.68. The van der Waals surface area contributed by atoms with Crippen LogP contribution in [0.1, 0.15) is 32.8 Å². The lowest BCUT2D eigenvalue weighted by molar-refractivity contribution is -0.0479. The number of rotatable bonds is 5. The molecule has 1 aromatic rings. The molecule has 2 heteroatoms. The molecule has 0 fully saturated rings. The molecule has 0 bridgehead atoms. The second kappa shape index (κ2) is 5.46. The van der Waals surface area contributed by atoms with E-state index in [1.165, 1.54) is 0 Å². The summed E-state index contributed by atoms with van der Waals surface area (Å²) < 4.78 is 0. The summed E-state index contributed by atoms with van der Waals surface area (Å²) in [5.74, 6) is 0. The summed E-state index contributed by atoms with van der Waals surface area (Å²) in [7, 11) is 0. The van der Waals surface area contributed by atoms with Crippen molar-refractivity contribution in [1.82, 2.24) is 0 Å². The average Bonchev–Trinajstić information content (AvgIpc) is 2.29. The van der Waals surface area contributed by atoms with Gasteiger partial charge in [0.05, 0.1) is 12.2 Å². The molecule has 0 radical (unpaired) electrons. The van der Waals surface area contributed by atoms with Gasteiger partial charge in [0, 0.05) is 5.41 Å². The van der Waals surface area contributed by atoms with Crippen LogP contribution in [0.15, 0.2) is 30.3 Å².